The van der Waals surface area contributed by atoms with Crippen LogP contribution in [-0.2, 0) is 22.7 Å². The number of nitrogens with one attached hydrogen (secondary N) is 1. The Labute approximate surface area is 213 Å². The fourth-order valence-electron chi connectivity index (χ4n) is 3.94. The molecule has 2 amide bonds. The highest BCUT2D eigenvalue weighted by atomic mass is 19.1. The van der Waals surface area contributed by atoms with Crippen molar-refractivity contribution >= 4 is 28.5 Å². The van der Waals surface area contributed by atoms with E-state index in [4.69, 9.17) is 9.47 Å². The summed E-state index contributed by atoms with van der Waals surface area (Å²) >= 11 is 0. The SMILES string of the molecule is COc1ccc(NC(=O)C(C)(C)N(Cc2ccccc2F)C(=O)Cn2nnc3ccccc32)c(OC)c1. The molecule has 1 heterocycles. The number of halogens is 1. The molecule has 1 aromatic heterocycles. The van der Waals surface area contributed by atoms with Crippen molar-refractivity contribution in [2.75, 3.05) is 19.5 Å². The van der Waals surface area contributed by atoms with Crippen LogP contribution in [0, 0.1) is 5.82 Å². The minimum Gasteiger partial charge on any atom is -0.497 e. The molecule has 0 radical (unpaired) electrons. The summed E-state index contributed by atoms with van der Waals surface area (Å²) in [6.07, 6.45) is 0. The number of carbonyl (C=O) groups excluding carboxylic acids is 2. The molecule has 4 rings (SSSR count). The van der Waals surface area contributed by atoms with Crippen LogP contribution in [0.1, 0.15) is 19.4 Å². The molecule has 0 saturated heterocycles. The fourth-order valence-corrected chi connectivity index (χ4v) is 3.94. The maximum atomic E-state index is 14.6. The lowest BCUT2D eigenvalue weighted by Crippen LogP contribution is -2.55. The smallest absolute Gasteiger partial charge is 0.249 e. The zero-order valence-electron chi connectivity index (χ0n) is 21.1. The third-order valence-electron chi connectivity index (χ3n) is 6.18. The fraction of sp³-hybridized carbons (Fsp3) is 0.259. The molecule has 0 unspecified atom stereocenters. The lowest BCUT2D eigenvalue weighted by atomic mass is 9.99. The van der Waals surface area contributed by atoms with Crippen molar-refractivity contribution in [1.82, 2.24) is 19.9 Å². The molecule has 192 valence electrons. The molecule has 0 fully saturated rings. The number of benzene rings is 3. The second kappa shape index (κ2) is 10.7. The normalized spacial score (nSPS) is 11.3. The Balaban J connectivity index is 1.66. The van der Waals surface area contributed by atoms with Gasteiger partial charge in [0, 0.05) is 18.2 Å². The van der Waals surface area contributed by atoms with Crippen molar-refractivity contribution in [3.05, 3.63) is 78.1 Å². The number of methoxy groups -OCH3 is 2. The molecule has 0 atom stereocenters. The van der Waals surface area contributed by atoms with E-state index < -0.39 is 23.2 Å². The van der Waals surface area contributed by atoms with Crippen LogP contribution >= 0.6 is 0 Å². The van der Waals surface area contributed by atoms with E-state index >= 15 is 0 Å². The number of nitrogens with zero attached hydrogens (tertiary/aromatic N) is 4. The first-order valence-corrected chi connectivity index (χ1v) is 11.6. The van der Waals surface area contributed by atoms with Gasteiger partial charge >= 0.3 is 0 Å². The summed E-state index contributed by atoms with van der Waals surface area (Å²) in [5.41, 5.74) is 0.608. The maximum Gasteiger partial charge on any atom is 0.249 e. The molecule has 10 heteroatoms. The van der Waals surface area contributed by atoms with Gasteiger partial charge in [-0.05, 0) is 44.2 Å². The van der Waals surface area contributed by atoms with Gasteiger partial charge in [-0.15, -0.1) is 5.10 Å². The average molecular weight is 506 g/mol. The van der Waals surface area contributed by atoms with E-state index in [2.05, 4.69) is 15.6 Å². The molecule has 1 N–H and O–H groups in total. The van der Waals surface area contributed by atoms with Crippen LogP contribution in [0.15, 0.2) is 66.7 Å². The highest BCUT2D eigenvalue weighted by Crippen LogP contribution is 2.31. The Morgan fingerprint density at radius 1 is 1.03 bits per heavy atom. The van der Waals surface area contributed by atoms with Crippen molar-refractivity contribution in [2.24, 2.45) is 0 Å². The van der Waals surface area contributed by atoms with Crippen LogP contribution in [0.2, 0.25) is 0 Å². The van der Waals surface area contributed by atoms with E-state index in [0.29, 0.717) is 28.2 Å². The van der Waals surface area contributed by atoms with Gasteiger partial charge in [0.05, 0.1) is 25.4 Å². The van der Waals surface area contributed by atoms with Crippen LogP contribution in [0.4, 0.5) is 10.1 Å². The van der Waals surface area contributed by atoms with Gasteiger partial charge in [-0.1, -0.05) is 35.5 Å². The van der Waals surface area contributed by atoms with Crippen molar-refractivity contribution in [1.29, 1.82) is 0 Å². The zero-order chi connectivity index (χ0) is 26.6. The molecule has 0 aliphatic heterocycles. The zero-order valence-corrected chi connectivity index (χ0v) is 21.1. The molecule has 3 aromatic carbocycles. The number of anilines is 1. The maximum absolute atomic E-state index is 14.6. The van der Waals surface area contributed by atoms with Gasteiger partial charge in [-0.3, -0.25) is 9.59 Å². The predicted octanol–water partition coefficient (Wildman–Crippen LogP) is 4.03. The minimum atomic E-state index is -1.39. The summed E-state index contributed by atoms with van der Waals surface area (Å²) in [6.45, 7) is 2.91. The van der Waals surface area contributed by atoms with E-state index in [1.807, 2.05) is 12.1 Å². The van der Waals surface area contributed by atoms with Crippen molar-refractivity contribution < 1.29 is 23.5 Å². The summed E-state index contributed by atoms with van der Waals surface area (Å²) in [5.74, 6) is -0.431. The summed E-state index contributed by atoms with van der Waals surface area (Å²) in [5, 5.41) is 11.0. The van der Waals surface area contributed by atoms with Crippen LogP contribution in [-0.4, -0.2) is 51.5 Å². The largest absolute Gasteiger partial charge is 0.497 e. The summed E-state index contributed by atoms with van der Waals surface area (Å²) in [7, 11) is 3.01. The van der Waals surface area contributed by atoms with Gasteiger partial charge in [-0.25, -0.2) is 9.07 Å². The monoisotopic (exact) mass is 505 g/mol. The molecule has 0 saturated carbocycles. The van der Waals surface area contributed by atoms with Gasteiger partial charge in [-0.2, -0.15) is 0 Å². The lowest BCUT2D eigenvalue weighted by molar-refractivity contribution is -0.145. The summed E-state index contributed by atoms with van der Waals surface area (Å²) in [6, 6.07) is 18.4. The van der Waals surface area contributed by atoms with E-state index in [-0.39, 0.29) is 18.7 Å². The van der Waals surface area contributed by atoms with Gasteiger partial charge in [0.1, 0.15) is 34.9 Å². The van der Waals surface area contributed by atoms with Gasteiger partial charge < -0.3 is 19.7 Å². The number of hydrogen-bond donors (Lipinski definition) is 1. The Morgan fingerprint density at radius 2 is 1.76 bits per heavy atom. The highest BCUT2D eigenvalue weighted by molar-refractivity contribution is 6.01. The van der Waals surface area contributed by atoms with Gasteiger partial charge in [0.25, 0.3) is 0 Å². The number of aromatic nitrogens is 3. The predicted molar refractivity (Wildman–Crippen MR) is 137 cm³/mol. The van der Waals surface area contributed by atoms with Crippen LogP contribution < -0.4 is 14.8 Å². The molecule has 0 aliphatic carbocycles. The molecule has 9 nitrogen and oxygen atoms in total. The average Bonchev–Trinajstić information content (AvgIpc) is 3.30. The first kappa shape index (κ1) is 25.6. The topological polar surface area (TPSA) is 98.6 Å². The number of rotatable bonds is 9. The van der Waals surface area contributed by atoms with Gasteiger partial charge in [0.2, 0.25) is 11.8 Å². The van der Waals surface area contributed by atoms with E-state index in [1.165, 1.54) is 29.9 Å². The second-order valence-electron chi connectivity index (χ2n) is 8.89. The first-order valence-electron chi connectivity index (χ1n) is 11.6. The Morgan fingerprint density at radius 3 is 2.49 bits per heavy atom. The van der Waals surface area contributed by atoms with E-state index in [9.17, 15) is 14.0 Å². The molecular formula is C27H28FN5O4. The molecule has 0 spiro atoms. The Hall–Kier alpha value is -4.47. The lowest BCUT2D eigenvalue weighted by Gasteiger charge is -2.37. The summed E-state index contributed by atoms with van der Waals surface area (Å²) < 4.78 is 26.7. The third-order valence-corrected chi connectivity index (χ3v) is 6.18. The number of ether oxygens (including phenoxy) is 2. The van der Waals surface area contributed by atoms with Crippen LogP contribution in [0.25, 0.3) is 11.0 Å². The molecule has 4 aromatic rings. The number of para-hydroxylation sites is 1. The van der Waals surface area contributed by atoms with Crippen LogP contribution in [0.3, 0.4) is 0 Å². The summed E-state index contributed by atoms with van der Waals surface area (Å²) in [4.78, 5) is 28.6. The molecular weight excluding hydrogens is 477 g/mol. The Kier molecular flexibility index (Phi) is 7.37. The highest BCUT2D eigenvalue weighted by Gasteiger charge is 2.39. The van der Waals surface area contributed by atoms with Crippen molar-refractivity contribution in [3.8, 4) is 11.5 Å². The minimum absolute atomic E-state index is 0.127. The molecule has 0 bridgehead atoms. The number of hydrogen-bond acceptors (Lipinski definition) is 6. The Bertz CT molecular complexity index is 1440. The number of carbonyl (C=O) groups is 2. The number of amides is 2. The van der Waals surface area contributed by atoms with E-state index in [1.54, 1.807) is 62.4 Å². The van der Waals surface area contributed by atoms with Crippen molar-refractivity contribution in [3.63, 3.8) is 0 Å². The van der Waals surface area contributed by atoms with Crippen LogP contribution in [0.5, 0.6) is 11.5 Å². The standard InChI is InChI=1S/C27H28FN5O4/c1-27(2,26(35)29-22-14-13-19(36-3)15-24(22)37-4)32(16-18-9-5-6-10-20(18)28)25(34)17-33-23-12-8-7-11-21(23)30-31-33/h5-15H,16-17H2,1-4H3,(H,29,35). The third kappa shape index (κ3) is 5.37. The quantitative estimate of drug-likeness (QED) is 0.369. The first-order chi connectivity index (χ1) is 17.7. The molecule has 37 heavy (non-hydrogen) atoms. The molecule has 0 aliphatic rings. The van der Waals surface area contributed by atoms with Gasteiger partial charge in [0.15, 0.2) is 0 Å². The van der Waals surface area contributed by atoms with Crippen molar-refractivity contribution in [2.45, 2.75) is 32.5 Å². The number of fused-ring (bicyclic) bond motifs is 1. The second-order valence-corrected chi connectivity index (χ2v) is 8.89. The van der Waals surface area contributed by atoms with E-state index in [0.717, 1.165) is 0 Å².